The van der Waals surface area contributed by atoms with Crippen molar-refractivity contribution in [1.82, 2.24) is 19.9 Å². The fraction of sp³-hybridized carbons (Fsp3) is 0.500. The highest BCUT2D eigenvalue weighted by Gasteiger charge is 2.15. The minimum atomic E-state index is -0.0878. The van der Waals surface area contributed by atoms with Gasteiger partial charge in [-0.3, -0.25) is 9.20 Å². The first-order chi connectivity index (χ1) is 9.76. The molecule has 0 spiro atoms. The molecule has 0 aromatic carbocycles. The molecule has 2 aromatic rings. The third kappa shape index (κ3) is 3.33. The smallest absolute Gasteiger partial charge is 0.224 e. The Morgan fingerprint density at radius 3 is 3.05 bits per heavy atom. The fourth-order valence-corrected chi connectivity index (χ4v) is 2.21. The molecule has 0 aliphatic rings. The van der Waals surface area contributed by atoms with Crippen molar-refractivity contribution in [1.29, 1.82) is 0 Å². The van der Waals surface area contributed by atoms with Gasteiger partial charge in [-0.05, 0) is 18.6 Å². The molecule has 0 fully saturated rings. The normalized spacial score (nSPS) is 12.5. The number of carbonyl (C=O) groups is 1. The monoisotopic (exact) mass is 275 g/mol. The van der Waals surface area contributed by atoms with Crippen LogP contribution in [0.25, 0.3) is 5.65 Å². The number of aromatic nitrogens is 3. The van der Waals surface area contributed by atoms with Crippen LogP contribution in [0.1, 0.15) is 25.6 Å². The molecule has 6 heteroatoms. The van der Waals surface area contributed by atoms with E-state index in [1.165, 1.54) is 0 Å². The number of pyridine rings is 1. The second kappa shape index (κ2) is 7.00. The molecule has 2 heterocycles. The van der Waals surface area contributed by atoms with Crippen molar-refractivity contribution in [3.63, 3.8) is 0 Å². The number of hydrogen-bond acceptors (Lipinski definition) is 4. The van der Waals surface area contributed by atoms with Gasteiger partial charge in [-0.2, -0.15) is 0 Å². The van der Waals surface area contributed by atoms with Crippen LogP contribution < -0.4 is 11.1 Å². The SMILES string of the molecule is CCCC(CN)C(=O)NCCc1nnc2ccccn12. The Hall–Kier alpha value is -1.95. The number of nitrogens with two attached hydrogens (primary N) is 1. The zero-order valence-electron chi connectivity index (χ0n) is 11.7. The molecule has 1 unspecified atom stereocenters. The molecule has 1 atom stereocenters. The average Bonchev–Trinajstić information content (AvgIpc) is 2.88. The first-order valence-corrected chi connectivity index (χ1v) is 7.02. The van der Waals surface area contributed by atoms with Crippen LogP contribution >= 0.6 is 0 Å². The lowest BCUT2D eigenvalue weighted by molar-refractivity contribution is -0.124. The van der Waals surface area contributed by atoms with Gasteiger partial charge >= 0.3 is 0 Å². The lowest BCUT2D eigenvalue weighted by atomic mass is 10.0. The van der Waals surface area contributed by atoms with E-state index in [4.69, 9.17) is 5.73 Å². The van der Waals surface area contributed by atoms with E-state index in [1.54, 1.807) is 0 Å². The van der Waals surface area contributed by atoms with Crippen molar-refractivity contribution in [2.75, 3.05) is 13.1 Å². The Morgan fingerprint density at radius 2 is 2.30 bits per heavy atom. The number of carbonyl (C=O) groups excluding carboxylic acids is 1. The third-order valence-electron chi connectivity index (χ3n) is 3.32. The Morgan fingerprint density at radius 1 is 1.45 bits per heavy atom. The molecule has 1 amide bonds. The summed E-state index contributed by atoms with van der Waals surface area (Å²) in [5.74, 6) is 0.791. The van der Waals surface area contributed by atoms with E-state index in [9.17, 15) is 4.79 Å². The van der Waals surface area contributed by atoms with E-state index >= 15 is 0 Å². The summed E-state index contributed by atoms with van der Waals surface area (Å²) in [5.41, 5.74) is 6.43. The number of hydrogen-bond donors (Lipinski definition) is 2. The molecule has 0 aliphatic heterocycles. The van der Waals surface area contributed by atoms with E-state index in [-0.39, 0.29) is 11.8 Å². The topological polar surface area (TPSA) is 85.3 Å². The molecule has 0 bridgehead atoms. The molecule has 6 nitrogen and oxygen atoms in total. The fourth-order valence-electron chi connectivity index (χ4n) is 2.21. The molecule has 108 valence electrons. The standard InChI is InChI=1S/C14H21N5O/c1-2-5-11(10-15)14(20)16-8-7-13-18-17-12-6-3-4-9-19(12)13/h3-4,6,9,11H,2,5,7-8,10,15H2,1H3,(H,16,20). The molecule has 0 saturated heterocycles. The van der Waals surface area contributed by atoms with E-state index in [0.717, 1.165) is 24.3 Å². The van der Waals surface area contributed by atoms with Crippen molar-refractivity contribution in [2.24, 2.45) is 11.7 Å². The highest BCUT2D eigenvalue weighted by molar-refractivity contribution is 5.78. The van der Waals surface area contributed by atoms with Gasteiger partial charge in [-0.25, -0.2) is 0 Å². The van der Waals surface area contributed by atoms with Crippen LogP contribution in [0.15, 0.2) is 24.4 Å². The number of rotatable bonds is 7. The minimum Gasteiger partial charge on any atom is -0.355 e. The number of amides is 1. The Kier molecular flexibility index (Phi) is 5.06. The second-order valence-corrected chi connectivity index (χ2v) is 4.81. The molecule has 0 aliphatic carbocycles. The maximum Gasteiger partial charge on any atom is 0.224 e. The number of nitrogens with one attached hydrogen (secondary N) is 1. The van der Waals surface area contributed by atoms with Gasteiger partial charge in [0.2, 0.25) is 5.91 Å². The summed E-state index contributed by atoms with van der Waals surface area (Å²) in [6.07, 6.45) is 4.37. The van der Waals surface area contributed by atoms with Crippen molar-refractivity contribution in [3.8, 4) is 0 Å². The third-order valence-corrected chi connectivity index (χ3v) is 3.32. The van der Waals surface area contributed by atoms with Crippen LogP contribution in [0.4, 0.5) is 0 Å². The Labute approximate surface area is 118 Å². The van der Waals surface area contributed by atoms with Gasteiger partial charge in [0.25, 0.3) is 0 Å². The summed E-state index contributed by atoms with van der Waals surface area (Å²) >= 11 is 0. The van der Waals surface area contributed by atoms with Gasteiger partial charge < -0.3 is 11.1 Å². The second-order valence-electron chi connectivity index (χ2n) is 4.81. The zero-order chi connectivity index (χ0) is 14.4. The first kappa shape index (κ1) is 14.5. The lowest BCUT2D eigenvalue weighted by Crippen LogP contribution is -2.36. The highest BCUT2D eigenvalue weighted by Crippen LogP contribution is 2.05. The average molecular weight is 275 g/mol. The Balaban J connectivity index is 1.88. The predicted molar refractivity (Wildman–Crippen MR) is 77.2 cm³/mol. The quantitative estimate of drug-likeness (QED) is 0.781. The van der Waals surface area contributed by atoms with E-state index < -0.39 is 0 Å². The molecular weight excluding hydrogens is 254 g/mol. The molecular formula is C14H21N5O. The summed E-state index contributed by atoms with van der Waals surface area (Å²) < 4.78 is 1.93. The van der Waals surface area contributed by atoms with Crippen LogP contribution in [-0.2, 0) is 11.2 Å². The number of nitrogens with zero attached hydrogens (tertiary/aromatic N) is 3. The van der Waals surface area contributed by atoms with Gasteiger partial charge in [0.15, 0.2) is 5.65 Å². The largest absolute Gasteiger partial charge is 0.355 e. The van der Waals surface area contributed by atoms with Crippen molar-refractivity contribution in [3.05, 3.63) is 30.2 Å². The highest BCUT2D eigenvalue weighted by atomic mass is 16.1. The minimum absolute atomic E-state index is 0.0307. The van der Waals surface area contributed by atoms with Crippen molar-refractivity contribution in [2.45, 2.75) is 26.2 Å². The summed E-state index contributed by atoms with van der Waals surface area (Å²) in [5, 5.41) is 11.1. The van der Waals surface area contributed by atoms with E-state index in [2.05, 4.69) is 22.4 Å². The van der Waals surface area contributed by atoms with E-state index in [0.29, 0.717) is 19.5 Å². The van der Waals surface area contributed by atoms with Crippen molar-refractivity contribution >= 4 is 11.6 Å². The lowest BCUT2D eigenvalue weighted by Gasteiger charge is -2.13. The molecule has 0 radical (unpaired) electrons. The number of fused-ring (bicyclic) bond motifs is 1. The summed E-state index contributed by atoms with van der Waals surface area (Å²) in [4.78, 5) is 11.9. The van der Waals surface area contributed by atoms with Crippen LogP contribution in [-0.4, -0.2) is 33.6 Å². The molecule has 20 heavy (non-hydrogen) atoms. The van der Waals surface area contributed by atoms with Gasteiger partial charge in [0, 0.05) is 25.7 Å². The summed E-state index contributed by atoms with van der Waals surface area (Å²) in [6, 6.07) is 5.76. The molecule has 3 N–H and O–H groups in total. The van der Waals surface area contributed by atoms with Crippen LogP contribution in [0.3, 0.4) is 0 Å². The van der Waals surface area contributed by atoms with Gasteiger partial charge in [-0.15, -0.1) is 10.2 Å². The van der Waals surface area contributed by atoms with Crippen LogP contribution in [0, 0.1) is 5.92 Å². The summed E-state index contributed by atoms with van der Waals surface area (Å²) in [7, 11) is 0. The van der Waals surface area contributed by atoms with Gasteiger partial charge in [0.1, 0.15) is 5.82 Å². The Bertz CT molecular complexity index is 565. The van der Waals surface area contributed by atoms with E-state index in [1.807, 2.05) is 28.8 Å². The van der Waals surface area contributed by atoms with Crippen LogP contribution in [0.2, 0.25) is 0 Å². The molecule has 0 saturated carbocycles. The predicted octanol–water partition coefficient (Wildman–Crippen LogP) is 0.763. The first-order valence-electron chi connectivity index (χ1n) is 7.02. The van der Waals surface area contributed by atoms with Crippen LogP contribution in [0.5, 0.6) is 0 Å². The van der Waals surface area contributed by atoms with Gasteiger partial charge in [-0.1, -0.05) is 19.4 Å². The maximum atomic E-state index is 11.9. The molecule has 2 aromatic heterocycles. The molecule has 2 rings (SSSR count). The zero-order valence-corrected chi connectivity index (χ0v) is 11.7. The maximum absolute atomic E-state index is 11.9. The van der Waals surface area contributed by atoms with Crippen molar-refractivity contribution < 1.29 is 4.79 Å². The summed E-state index contributed by atoms with van der Waals surface area (Å²) in [6.45, 7) is 3.00. The van der Waals surface area contributed by atoms with Gasteiger partial charge in [0.05, 0.1) is 5.92 Å².